The third kappa shape index (κ3) is 3.51. The first kappa shape index (κ1) is 15.3. The lowest BCUT2D eigenvalue weighted by atomic mass is 9.58. The summed E-state index contributed by atoms with van der Waals surface area (Å²) in [6.45, 7) is 9.11. The number of hydrogen-bond acceptors (Lipinski definition) is 2. The van der Waals surface area contributed by atoms with Gasteiger partial charge in [-0.2, -0.15) is 0 Å². The Morgan fingerprint density at radius 2 is 1.50 bits per heavy atom. The summed E-state index contributed by atoms with van der Waals surface area (Å²) < 4.78 is 13.0. The third-order valence-corrected chi connectivity index (χ3v) is 4.15. The van der Waals surface area contributed by atoms with Crippen molar-refractivity contribution < 1.29 is 9.50 Å². The van der Waals surface area contributed by atoms with E-state index in [1.807, 2.05) is 0 Å². The molecule has 0 spiro atoms. The highest BCUT2D eigenvalue weighted by molar-refractivity contribution is 5.46. The second-order valence-corrected chi connectivity index (χ2v) is 7.93. The first-order valence-electron chi connectivity index (χ1n) is 7.30. The molecule has 1 fully saturated rings. The molecule has 1 saturated carbocycles. The van der Waals surface area contributed by atoms with Crippen molar-refractivity contribution in [3.8, 4) is 0 Å². The van der Waals surface area contributed by atoms with Crippen molar-refractivity contribution >= 4 is 5.69 Å². The Kier molecular flexibility index (Phi) is 3.85. The van der Waals surface area contributed by atoms with Gasteiger partial charge in [-0.3, -0.25) is 0 Å². The van der Waals surface area contributed by atoms with Crippen LogP contribution in [0.25, 0.3) is 0 Å². The van der Waals surface area contributed by atoms with Gasteiger partial charge in [0.15, 0.2) is 0 Å². The molecule has 0 unspecified atom stereocenters. The van der Waals surface area contributed by atoms with Crippen LogP contribution in [0.15, 0.2) is 24.3 Å². The number of nitrogens with one attached hydrogen (secondary N) is 1. The first-order chi connectivity index (χ1) is 9.15. The standard InChI is InChI=1S/C17H26FNO/c1-15(2)9-16(3,4)11-17(10-15,12-20)19-14-7-5-13(18)6-8-14/h5-8,19-20H,9-12H2,1-4H3. The van der Waals surface area contributed by atoms with E-state index in [0.29, 0.717) is 0 Å². The minimum atomic E-state index is -0.330. The summed E-state index contributed by atoms with van der Waals surface area (Å²) in [6.07, 6.45) is 2.97. The molecule has 1 aliphatic carbocycles. The Morgan fingerprint density at radius 1 is 1.00 bits per heavy atom. The molecule has 1 aromatic carbocycles. The zero-order chi connectivity index (χ0) is 15.0. The quantitative estimate of drug-likeness (QED) is 0.869. The van der Waals surface area contributed by atoms with E-state index in [9.17, 15) is 9.50 Å². The van der Waals surface area contributed by atoms with Gasteiger partial charge in [0, 0.05) is 5.69 Å². The zero-order valence-electron chi connectivity index (χ0n) is 13.0. The number of aliphatic hydroxyl groups excluding tert-OH is 1. The molecule has 2 nitrogen and oxygen atoms in total. The van der Waals surface area contributed by atoms with E-state index in [0.717, 1.165) is 24.9 Å². The van der Waals surface area contributed by atoms with E-state index in [4.69, 9.17) is 0 Å². The van der Waals surface area contributed by atoms with Gasteiger partial charge in [-0.1, -0.05) is 27.7 Å². The molecular weight excluding hydrogens is 253 g/mol. The van der Waals surface area contributed by atoms with E-state index in [2.05, 4.69) is 33.0 Å². The van der Waals surface area contributed by atoms with E-state index in [-0.39, 0.29) is 28.8 Å². The molecule has 2 rings (SSSR count). The molecule has 0 bridgehead atoms. The van der Waals surface area contributed by atoms with Gasteiger partial charge >= 0.3 is 0 Å². The number of aliphatic hydroxyl groups is 1. The fraction of sp³-hybridized carbons (Fsp3) is 0.647. The van der Waals surface area contributed by atoms with Crippen LogP contribution in [0.3, 0.4) is 0 Å². The molecule has 1 aliphatic rings. The van der Waals surface area contributed by atoms with Crippen LogP contribution in [-0.4, -0.2) is 17.3 Å². The molecule has 0 saturated heterocycles. The maximum atomic E-state index is 13.0. The van der Waals surface area contributed by atoms with E-state index in [1.165, 1.54) is 12.1 Å². The molecule has 0 radical (unpaired) electrons. The summed E-state index contributed by atoms with van der Waals surface area (Å²) in [7, 11) is 0. The summed E-state index contributed by atoms with van der Waals surface area (Å²) in [5.41, 5.74) is 0.895. The van der Waals surface area contributed by atoms with Gasteiger partial charge in [-0.15, -0.1) is 0 Å². The number of halogens is 1. The Bertz CT molecular complexity index is 448. The number of rotatable bonds is 3. The van der Waals surface area contributed by atoms with Crippen molar-refractivity contribution in [3.63, 3.8) is 0 Å². The van der Waals surface area contributed by atoms with Crippen LogP contribution in [0.1, 0.15) is 47.0 Å². The van der Waals surface area contributed by atoms with Crippen molar-refractivity contribution in [2.75, 3.05) is 11.9 Å². The summed E-state index contributed by atoms with van der Waals surface area (Å²) in [5, 5.41) is 13.5. The summed E-state index contributed by atoms with van der Waals surface area (Å²) in [6, 6.07) is 6.38. The third-order valence-electron chi connectivity index (χ3n) is 4.15. The zero-order valence-corrected chi connectivity index (χ0v) is 13.0. The summed E-state index contributed by atoms with van der Waals surface area (Å²) in [4.78, 5) is 0. The molecule has 2 N–H and O–H groups in total. The Labute approximate surface area is 121 Å². The SMILES string of the molecule is CC1(C)CC(C)(C)CC(CO)(Nc2ccc(F)cc2)C1. The highest BCUT2D eigenvalue weighted by atomic mass is 19.1. The van der Waals surface area contributed by atoms with E-state index in [1.54, 1.807) is 12.1 Å². The molecule has 3 heteroatoms. The second-order valence-electron chi connectivity index (χ2n) is 7.93. The van der Waals surface area contributed by atoms with Crippen molar-refractivity contribution in [1.29, 1.82) is 0 Å². The maximum absolute atomic E-state index is 13.0. The van der Waals surface area contributed by atoms with Crippen LogP contribution in [-0.2, 0) is 0 Å². The van der Waals surface area contributed by atoms with Crippen molar-refractivity contribution in [1.82, 2.24) is 0 Å². The average Bonchev–Trinajstić information content (AvgIpc) is 2.28. The van der Waals surface area contributed by atoms with Crippen LogP contribution >= 0.6 is 0 Å². The average molecular weight is 279 g/mol. The molecule has 0 atom stereocenters. The van der Waals surface area contributed by atoms with Crippen LogP contribution in [0.4, 0.5) is 10.1 Å². The lowest BCUT2D eigenvalue weighted by molar-refractivity contribution is 0.0288. The summed E-state index contributed by atoms with van der Waals surface area (Å²) >= 11 is 0. The normalized spacial score (nSPS) is 23.3. The predicted octanol–water partition coefficient (Wildman–Crippen LogP) is 4.21. The van der Waals surface area contributed by atoms with Crippen molar-refractivity contribution in [3.05, 3.63) is 30.1 Å². The molecule has 0 aliphatic heterocycles. The molecule has 0 heterocycles. The monoisotopic (exact) mass is 279 g/mol. The number of anilines is 1. The van der Waals surface area contributed by atoms with E-state index < -0.39 is 0 Å². The van der Waals surface area contributed by atoms with E-state index >= 15 is 0 Å². The molecule has 20 heavy (non-hydrogen) atoms. The highest BCUT2D eigenvalue weighted by Gasteiger charge is 2.47. The molecular formula is C17H26FNO. The minimum Gasteiger partial charge on any atom is -0.394 e. The first-order valence-corrected chi connectivity index (χ1v) is 7.30. The Balaban J connectivity index is 2.26. The van der Waals surface area contributed by atoms with Crippen LogP contribution in [0, 0.1) is 16.6 Å². The number of benzene rings is 1. The highest BCUT2D eigenvalue weighted by Crippen LogP contribution is 2.50. The van der Waals surface area contributed by atoms with Crippen LogP contribution in [0.5, 0.6) is 0 Å². The van der Waals surface area contributed by atoms with Crippen molar-refractivity contribution in [2.45, 2.75) is 52.5 Å². The smallest absolute Gasteiger partial charge is 0.123 e. The van der Waals surface area contributed by atoms with Crippen molar-refractivity contribution in [2.24, 2.45) is 10.8 Å². The Hall–Kier alpha value is -1.09. The van der Waals surface area contributed by atoms with Gasteiger partial charge in [0.05, 0.1) is 12.1 Å². The fourth-order valence-electron chi connectivity index (χ4n) is 4.39. The predicted molar refractivity (Wildman–Crippen MR) is 81.3 cm³/mol. The van der Waals surface area contributed by atoms with Crippen LogP contribution in [0.2, 0.25) is 0 Å². The molecule has 0 amide bonds. The topological polar surface area (TPSA) is 32.3 Å². The lowest BCUT2D eigenvalue weighted by Crippen LogP contribution is -2.53. The molecule has 112 valence electrons. The second kappa shape index (κ2) is 5.03. The van der Waals surface area contributed by atoms with Crippen LogP contribution < -0.4 is 5.32 Å². The van der Waals surface area contributed by atoms with Gasteiger partial charge in [-0.05, 0) is 54.4 Å². The van der Waals surface area contributed by atoms with Gasteiger partial charge < -0.3 is 10.4 Å². The Morgan fingerprint density at radius 3 is 1.95 bits per heavy atom. The molecule has 0 aromatic heterocycles. The fourth-order valence-corrected chi connectivity index (χ4v) is 4.39. The maximum Gasteiger partial charge on any atom is 0.123 e. The summed E-state index contributed by atoms with van der Waals surface area (Å²) in [5.74, 6) is -0.238. The van der Waals surface area contributed by atoms with Gasteiger partial charge in [0.25, 0.3) is 0 Å². The number of hydrogen-bond donors (Lipinski definition) is 2. The largest absolute Gasteiger partial charge is 0.394 e. The van der Waals surface area contributed by atoms with Gasteiger partial charge in [0.1, 0.15) is 5.82 Å². The van der Waals surface area contributed by atoms with Gasteiger partial charge in [-0.25, -0.2) is 4.39 Å². The lowest BCUT2D eigenvalue weighted by Gasteiger charge is -2.52. The minimum absolute atomic E-state index is 0.0945. The van der Waals surface area contributed by atoms with Gasteiger partial charge in [0.2, 0.25) is 0 Å². The molecule has 1 aromatic rings.